The zero-order chi connectivity index (χ0) is 10.6. The number of carbonyl (C=O) groups is 1. The van der Waals surface area contributed by atoms with Crippen LogP contribution in [-0.4, -0.2) is 44.0 Å². The van der Waals surface area contributed by atoms with Crippen molar-refractivity contribution in [3.05, 3.63) is 0 Å². The smallest absolute Gasteiger partial charge is 0.129 e. The second kappa shape index (κ2) is 5.08. The summed E-state index contributed by atoms with van der Waals surface area (Å²) < 4.78 is 5.46. The van der Waals surface area contributed by atoms with Crippen LogP contribution in [0.5, 0.6) is 0 Å². The van der Waals surface area contributed by atoms with Gasteiger partial charge in [-0.15, -0.1) is 0 Å². The molecule has 15 heavy (non-hydrogen) atoms. The van der Waals surface area contributed by atoms with Crippen LogP contribution < -0.4 is 0 Å². The summed E-state index contributed by atoms with van der Waals surface area (Å²) in [5.74, 6) is 0. The summed E-state index contributed by atoms with van der Waals surface area (Å²) in [5.41, 5.74) is -0.199. The van der Waals surface area contributed by atoms with Gasteiger partial charge in [0.25, 0.3) is 0 Å². The molecule has 0 saturated carbocycles. The lowest BCUT2D eigenvalue weighted by molar-refractivity contribution is -0.125. The van der Waals surface area contributed by atoms with Gasteiger partial charge in [-0.1, -0.05) is 6.42 Å². The quantitative estimate of drug-likeness (QED) is 0.662. The summed E-state index contributed by atoms with van der Waals surface area (Å²) in [5, 5.41) is 0. The van der Waals surface area contributed by atoms with E-state index in [0.29, 0.717) is 6.61 Å². The fraction of sp³-hybridized carbons (Fsp3) is 0.917. The van der Waals surface area contributed by atoms with E-state index in [1.165, 1.54) is 19.3 Å². The van der Waals surface area contributed by atoms with E-state index in [2.05, 4.69) is 4.90 Å². The molecule has 2 heterocycles. The summed E-state index contributed by atoms with van der Waals surface area (Å²) in [6.45, 7) is 4.70. The highest BCUT2D eigenvalue weighted by atomic mass is 16.5. The van der Waals surface area contributed by atoms with Crippen molar-refractivity contribution in [3.63, 3.8) is 0 Å². The van der Waals surface area contributed by atoms with Crippen molar-refractivity contribution in [2.45, 2.75) is 32.1 Å². The number of hydrogen-bond acceptors (Lipinski definition) is 3. The highest BCUT2D eigenvalue weighted by molar-refractivity contribution is 5.60. The maximum absolute atomic E-state index is 11.2. The molecule has 1 unspecified atom stereocenters. The first-order valence-electron chi connectivity index (χ1n) is 6.11. The minimum absolute atomic E-state index is 0.199. The number of ether oxygens (including phenoxy) is 1. The van der Waals surface area contributed by atoms with Gasteiger partial charge in [0.2, 0.25) is 0 Å². The number of likely N-dealkylation sites (tertiary alicyclic amines) is 1. The summed E-state index contributed by atoms with van der Waals surface area (Å²) in [6.07, 6.45) is 7.10. The highest BCUT2D eigenvalue weighted by Gasteiger charge is 2.34. The lowest BCUT2D eigenvalue weighted by Crippen LogP contribution is -2.45. The van der Waals surface area contributed by atoms with Crippen LogP contribution in [0.2, 0.25) is 0 Å². The summed E-state index contributed by atoms with van der Waals surface area (Å²) in [6, 6.07) is 0. The molecule has 0 aliphatic carbocycles. The molecule has 1 atom stereocenters. The van der Waals surface area contributed by atoms with E-state index in [0.717, 1.165) is 45.4 Å². The average Bonchev–Trinajstić information content (AvgIpc) is 2.32. The number of hydrogen-bond donors (Lipinski definition) is 0. The van der Waals surface area contributed by atoms with E-state index < -0.39 is 0 Å². The molecule has 0 spiro atoms. The lowest BCUT2D eigenvalue weighted by Gasteiger charge is -2.38. The molecule has 0 aromatic heterocycles. The minimum Gasteiger partial charge on any atom is -0.380 e. The van der Waals surface area contributed by atoms with Crippen LogP contribution in [0.15, 0.2) is 0 Å². The highest BCUT2D eigenvalue weighted by Crippen LogP contribution is 2.28. The zero-order valence-corrected chi connectivity index (χ0v) is 9.41. The van der Waals surface area contributed by atoms with Gasteiger partial charge in [0.15, 0.2) is 0 Å². The predicted molar refractivity (Wildman–Crippen MR) is 58.8 cm³/mol. The van der Waals surface area contributed by atoms with Crippen LogP contribution in [0.1, 0.15) is 32.1 Å². The molecule has 2 fully saturated rings. The Balaban J connectivity index is 1.90. The molecule has 3 nitrogen and oxygen atoms in total. The molecular formula is C12H21NO2. The Kier molecular flexibility index (Phi) is 3.76. The second-order valence-electron chi connectivity index (χ2n) is 4.97. The van der Waals surface area contributed by atoms with Crippen LogP contribution in [0.25, 0.3) is 0 Å². The fourth-order valence-corrected chi connectivity index (χ4v) is 2.69. The van der Waals surface area contributed by atoms with E-state index in [1.807, 2.05) is 0 Å². The molecule has 2 rings (SSSR count). The molecule has 0 bridgehead atoms. The number of aldehydes is 1. The Bertz CT molecular complexity index is 206. The monoisotopic (exact) mass is 211 g/mol. The third-order valence-corrected chi connectivity index (χ3v) is 3.59. The third-order valence-electron chi connectivity index (χ3n) is 3.59. The SMILES string of the molecule is O=CC1(CN2CCCCC2)CCCOC1. The summed E-state index contributed by atoms with van der Waals surface area (Å²) in [4.78, 5) is 13.7. The number of rotatable bonds is 3. The van der Waals surface area contributed by atoms with Crippen molar-refractivity contribution in [1.82, 2.24) is 4.90 Å². The molecule has 0 aromatic carbocycles. The predicted octanol–water partition coefficient (Wildman–Crippen LogP) is 1.47. The summed E-state index contributed by atoms with van der Waals surface area (Å²) in [7, 11) is 0. The van der Waals surface area contributed by atoms with E-state index in [4.69, 9.17) is 4.74 Å². The van der Waals surface area contributed by atoms with Crippen molar-refractivity contribution in [2.24, 2.45) is 5.41 Å². The Morgan fingerprint density at radius 1 is 1.20 bits per heavy atom. The molecule has 0 aromatic rings. The van der Waals surface area contributed by atoms with Gasteiger partial charge < -0.3 is 14.4 Å². The first-order valence-corrected chi connectivity index (χ1v) is 6.11. The molecule has 2 aliphatic heterocycles. The number of carbonyl (C=O) groups excluding carboxylic acids is 1. The van der Waals surface area contributed by atoms with Gasteiger partial charge in [-0.05, 0) is 38.8 Å². The lowest BCUT2D eigenvalue weighted by atomic mass is 9.83. The summed E-state index contributed by atoms with van der Waals surface area (Å²) >= 11 is 0. The molecule has 3 heteroatoms. The maximum Gasteiger partial charge on any atom is 0.129 e. The molecule has 0 radical (unpaired) electrons. The van der Waals surface area contributed by atoms with E-state index in [-0.39, 0.29) is 5.41 Å². The van der Waals surface area contributed by atoms with Gasteiger partial charge in [0, 0.05) is 13.2 Å². The molecule has 0 amide bonds. The van der Waals surface area contributed by atoms with Crippen LogP contribution in [-0.2, 0) is 9.53 Å². The molecule has 0 N–H and O–H groups in total. The largest absolute Gasteiger partial charge is 0.380 e. The van der Waals surface area contributed by atoms with Crippen molar-refractivity contribution < 1.29 is 9.53 Å². The van der Waals surface area contributed by atoms with Gasteiger partial charge >= 0.3 is 0 Å². The van der Waals surface area contributed by atoms with E-state index in [1.54, 1.807) is 0 Å². The minimum atomic E-state index is -0.199. The topological polar surface area (TPSA) is 29.5 Å². The Labute approximate surface area is 91.8 Å². The number of piperidine rings is 1. The zero-order valence-electron chi connectivity index (χ0n) is 9.41. The molecular weight excluding hydrogens is 190 g/mol. The Hall–Kier alpha value is -0.410. The molecule has 86 valence electrons. The first-order chi connectivity index (χ1) is 7.35. The van der Waals surface area contributed by atoms with Crippen LogP contribution in [0.4, 0.5) is 0 Å². The van der Waals surface area contributed by atoms with Crippen molar-refractivity contribution in [2.75, 3.05) is 32.8 Å². The third kappa shape index (κ3) is 2.79. The van der Waals surface area contributed by atoms with E-state index >= 15 is 0 Å². The van der Waals surface area contributed by atoms with Crippen LogP contribution >= 0.6 is 0 Å². The van der Waals surface area contributed by atoms with Gasteiger partial charge in [0.1, 0.15) is 6.29 Å². The van der Waals surface area contributed by atoms with Gasteiger partial charge in [-0.2, -0.15) is 0 Å². The molecule has 2 saturated heterocycles. The van der Waals surface area contributed by atoms with Gasteiger partial charge in [-0.25, -0.2) is 0 Å². The van der Waals surface area contributed by atoms with Crippen LogP contribution in [0.3, 0.4) is 0 Å². The van der Waals surface area contributed by atoms with E-state index in [9.17, 15) is 4.79 Å². The fourth-order valence-electron chi connectivity index (χ4n) is 2.69. The normalized spacial score (nSPS) is 33.9. The average molecular weight is 211 g/mol. The van der Waals surface area contributed by atoms with Crippen LogP contribution in [0, 0.1) is 5.41 Å². The van der Waals surface area contributed by atoms with Crippen molar-refractivity contribution in [3.8, 4) is 0 Å². The Morgan fingerprint density at radius 3 is 2.60 bits per heavy atom. The van der Waals surface area contributed by atoms with Gasteiger partial charge in [0.05, 0.1) is 12.0 Å². The standard InChI is InChI=1S/C12H21NO2/c14-10-12(5-4-8-15-11-12)9-13-6-2-1-3-7-13/h10H,1-9,11H2. The maximum atomic E-state index is 11.2. The second-order valence-corrected chi connectivity index (χ2v) is 4.97. The first kappa shape index (κ1) is 11.1. The van der Waals surface area contributed by atoms with Crippen molar-refractivity contribution in [1.29, 1.82) is 0 Å². The van der Waals surface area contributed by atoms with Gasteiger partial charge in [-0.3, -0.25) is 0 Å². The van der Waals surface area contributed by atoms with Crippen molar-refractivity contribution >= 4 is 6.29 Å². The molecule has 2 aliphatic rings. The number of nitrogens with zero attached hydrogens (tertiary/aromatic N) is 1. The Morgan fingerprint density at radius 2 is 2.00 bits per heavy atom.